The van der Waals surface area contributed by atoms with E-state index < -0.39 is 6.10 Å². The lowest BCUT2D eigenvalue weighted by atomic mass is 10.1. The zero-order valence-corrected chi connectivity index (χ0v) is 11.1. The Labute approximate surface area is 109 Å². The van der Waals surface area contributed by atoms with Crippen LogP contribution in [0.4, 0.5) is 0 Å². The smallest absolute Gasteiger partial charge is 0.125 e. The topological polar surface area (TPSA) is 41.5 Å². The molecule has 2 N–H and O–H groups in total. The van der Waals surface area contributed by atoms with Crippen molar-refractivity contribution in [1.82, 2.24) is 5.32 Å². The third-order valence-corrected chi connectivity index (χ3v) is 3.53. The first kappa shape index (κ1) is 13.4. The summed E-state index contributed by atoms with van der Waals surface area (Å²) < 4.78 is 5.54. The molecule has 2 rings (SSSR count). The molecule has 3 nitrogen and oxygen atoms in total. The fourth-order valence-corrected chi connectivity index (χ4v) is 2.56. The minimum Gasteiger partial charge on any atom is -0.493 e. The maximum atomic E-state index is 10.2. The number of aliphatic hydroxyl groups is 1. The highest BCUT2D eigenvalue weighted by atomic mass is 16.5. The molecule has 1 aliphatic rings. The molecule has 0 amide bonds. The Kier molecular flexibility index (Phi) is 5.02. The SMILES string of the molecule is CCOc1ccccc1C(O)CNC1CCCC1. The second-order valence-electron chi connectivity index (χ2n) is 4.88. The van der Waals surface area contributed by atoms with Crippen molar-refractivity contribution in [2.75, 3.05) is 13.2 Å². The molecule has 1 aliphatic carbocycles. The van der Waals surface area contributed by atoms with E-state index >= 15 is 0 Å². The first-order valence-corrected chi connectivity index (χ1v) is 6.94. The molecule has 18 heavy (non-hydrogen) atoms. The zero-order chi connectivity index (χ0) is 12.8. The maximum absolute atomic E-state index is 10.2. The highest BCUT2D eigenvalue weighted by molar-refractivity contribution is 5.35. The van der Waals surface area contributed by atoms with Crippen LogP contribution in [0.5, 0.6) is 5.75 Å². The number of ether oxygens (including phenoxy) is 1. The predicted molar refractivity (Wildman–Crippen MR) is 72.8 cm³/mol. The van der Waals surface area contributed by atoms with Gasteiger partial charge in [0.2, 0.25) is 0 Å². The fourth-order valence-electron chi connectivity index (χ4n) is 2.56. The monoisotopic (exact) mass is 249 g/mol. The second kappa shape index (κ2) is 6.76. The molecule has 0 spiro atoms. The lowest BCUT2D eigenvalue weighted by Crippen LogP contribution is -2.30. The number of rotatable bonds is 6. The average molecular weight is 249 g/mol. The highest BCUT2D eigenvalue weighted by Gasteiger charge is 2.18. The molecule has 0 aromatic heterocycles. The van der Waals surface area contributed by atoms with Gasteiger partial charge in [-0.15, -0.1) is 0 Å². The van der Waals surface area contributed by atoms with Crippen LogP contribution in [0.1, 0.15) is 44.3 Å². The third-order valence-electron chi connectivity index (χ3n) is 3.53. The summed E-state index contributed by atoms with van der Waals surface area (Å²) in [5.74, 6) is 0.792. The Balaban J connectivity index is 1.92. The first-order valence-electron chi connectivity index (χ1n) is 6.94. The zero-order valence-electron chi connectivity index (χ0n) is 11.1. The quantitative estimate of drug-likeness (QED) is 0.814. The van der Waals surface area contributed by atoms with Gasteiger partial charge in [0.05, 0.1) is 12.7 Å². The Morgan fingerprint density at radius 1 is 1.33 bits per heavy atom. The van der Waals surface area contributed by atoms with Gasteiger partial charge in [-0.25, -0.2) is 0 Å². The third kappa shape index (κ3) is 3.47. The highest BCUT2D eigenvalue weighted by Crippen LogP contribution is 2.25. The van der Waals surface area contributed by atoms with Crippen molar-refractivity contribution in [3.05, 3.63) is 29.8 Å². The lowest BCUT2D eigenvalue weighted by Gasteiger charge is -2.18. The molecule has 0 radical (unpaired) electrons. The van der Waals surface area contributed by atoms with Crippen LogP contribution >= 0.6 is 0 Å². The van der Waals surface area contributed by atoms with E-state index in [0.717, 1.165) is 11.3 Å². The minimum absolute atomic E-state index is 0.492. The molecule has 1 atom stereocenters. The largest absolute Gasteiger partial charge is 0.493 e. The van der Waals surface area contributed by atoms with Gasteiger partial charge in [-0.05, 0) is 25.8 Å². The molecule has 0 bridgehead atoms. The summed E-state index contributed by atoms with van der Waals surface area (Å²) in [6.07, 6.45) is 4.60. The summed E-state index contributed by atoms with van der Waals surface area (Å²) in [6.45, 7) is 3.19. The van der Waals surface area contributed by atoms with Gasteiger partial charge in [-0.3, -0.25) is 0 Å². The van der Waals surface area contributed by atoms with Gasteiger partial charge >= 0.3 is 0 Å². The van der Waals surface area contributed by atoms with Crippen molar-refractivity contribution >= 4 is 0 Å². The molecule has 1 fully saturated rings. The Morgan fingerprint density at radius 2 is 2.06 bits per heavy atom. The van der Waals surface area contributed by atoms with Gasteiger partial charge in [-0.1, -0.05) is 31.0 Å². The van der Waals surface area contributed by atoms with E-state index in [-0.39, 0.29) is 0 Å². The molecule has 0 saturated heterocycles. The lowest BCUT2D eigenvalue weighted by molar-refractivity contribution is 0.164. The van der Waals surface area contributed by atoms with Crippen molar-refractivity contribution in [3.8, 4) is 5.75 Å². The van der Waals surface area contributed by atoms with E-state index in [9.17, 15) is 5.11 Å². The predicted octanol–water partition coefficient (Wildman–Crippen LogP) is 2.65. The number of para-hydroxylation sites is 1. The van der Waals surface area contributed by atoms with Crippen LogP contribution in [-0.2, 0) is 0 Å². The molecule has 100 valence electrons. The van der Waals surface area contributed by atoms with Crippen LogP contribution in [-0.4, -0.2) is 24.3 Å². The summed E-state index contributed by atoms with van der Waals surface area (Å²) in [6, 6.07) is 8.31. The van der Waals surface area contributed by atoms with E-state index in [1.54, 1.807) is 0 Å². The van der Waals surface area contributed by atoms with Gasteiger partial charge < -0.3 is 15.2 Å². The van der Waals surface area contributed by atoms with Crippen LogP contribution in [0.3, 0.4) is 0 Å². The normalized spacial score (nSPS) is 17.9. The molecular formula is C15H23NO2. The van der Waals surface area contributed by atoms with Crippen molar-refractivity contribution in [3.63, 3.8) is 0 Å². The van der Waals surface area contributed by atoms with Crippen molar-refractivity contribution in [1.29, 1.82) is 0 Å². The summed E-state index contributed by atoms with van der Waals surface area (Å²) in [7, 11) is 0. The molecule has 1 unspecified atom stereocenters. The van der Waals surface area contributed by atoms with Gasteiger partial charge in [0.15, 0.2) is 0 Å². The Hall–Kier alpha value is -1.06. The molecular weight excluding hydrogens is 226 g/mol. The molecule has 1 aromatic carbocycles. The molecule has 3 heteroatoms. The summed E-state index contributed by atoms with van der Waals surface area (Å²) in [5, 5.41) is 13.7. The number of hydrogen-bond acceptors (Lipinski definition) is 3. The van der Waals surface area contributed by atoms with E-state index in [1.165, 1.54) is 25.7 Å². The average Bonchev–Trinajstić information content (AvgIpc) is 2.90. The van der Waals surface area contributed by atoms with E-state index in [1.807, 2.05) is 31.2 Å². The summed E-state index contributed by atoms with van der Waals surface area (Å²) in [5.41, 5.74) is 0.879. The molecule has 1 saturated carbocycles. The van der Waals surface area contributed by atoms with Crippen LogP contribution < -0.4 is 10.1 Å². The van der Waals surface area contributed by atoms with Crippen molar-refractivity contribution < 1.29 is 9.84 Å². The van der Waals surface area contributed by atoms with Crippen LogP contribution in [0, 0.1) is 0 Å². The first-order chi connectivity index (χ1) is 8.81. The van der Waals surface area contributed by atoms with Crippen molar-refractivity contribution in [2.45, 2.75) is 44.8 Å². The van der Waals surface area contributed by atoms with Gasteiger partial charge in [0.1, 0.15) is 5.75 Å². The van der Waals surface area contributed by atoms with E-state index in [4.69, 9.17) is 4.74 Å². The van der Waals surface area contributed by atoms with Gasteiger partial charge in [0.25, 0.3) is 0 Å². The number of aliphatic hydroxyl groups excluding tert-OH is 1. The minimum atomic E-state index is -0.492. The van der Waals surface area contributed by atoms with E-state index in [2.05, 4.69) is 5.32 Å². The summed E-state index contributed by atoms with van der Waals surface area (Å²) >= 11 is 0. The standard InChI is InChI=1S/C15H23NO2/c1-2-18-15-10-6-5-9-13(15)14(17)11-16-12-7-3-4-8-12/h5-6,9-10,12,14,16-17H,2-4,7-8,11H2,1H3. The summed E-state index contributed by atoms with van der Waals surface area (Å²) in [4.78, 5) is 0. The molecule has 1 aromatic rings. The van der Waals surface area contributed by atoms with Gasteiger partial charge in [-0.2, -0.15) is 0 Å². The molecule has 0 heterocycles. The van der Waals surface area contributed by atoms with E-state index in [0.29, 0.717) is 19.2 Å². The second-order valence-corrected chi connectivity index (χ2v) is 4.88. The van der Waals surface area contributed by atoms with Crippen LogP contribution in [0.15, 0.2) is 24.3 Å². The Morgan fingerprint density at radius 3 is 2.78 bits per heavy atom. The maximum Gasteiger partial charge on any atom is 0.125 e. The number of hydrogen-bond donors (Lipinski definition) is 2. The number of benzene rings is 1. The fraction of sp³-hybridized carbons (Fsp3) is 0.600. The Bertz CT molecular complexity index is 361. The van der Waals surface area contributed by atoms with Crippen LogP contribution in [0.2, 0.25) is 0 Å². The molecule has 0 aliphatic heterocycles. The number of nitrogens with one attached hydrogen (secondary N) is 1. The van der Waals surface area contributed by atoms with Crippen molar-refractivity contribution in [2.24, 2.45) is 0 Å². The van der Waals surface area contributed by atoms with Crippen LogP contribution in [0.25, 0.3) is 0 Å². The van der Waals surface area contributed by atoms with Gasteiger partial charge in [0, 0.05) is 18.2 Å².